The van der Waals surface area contributed by atoms with Crippen LogP contribution in [0.5, 0.6) is 0 Å². The number of piperidine rings is 1. The lowest BCUT2D eigenvalue weighted by molar-refractivity contribution is -0.142. The van der Waals surface area contributed by atoms with E-state index in [-0.39, 0.29) is 12.5 Å². The zero-order valence-corrected chi connectivity index (χ0v) is 18.9. The largest absolute Gasteiger partial charge is 0.465 e. The van der Waals surface area contributed by atoms with Gasteiger partial charge in [-0.3, -0.25) is 9.59 Å². The molecule has 1 saturated heterocycles. The molecule has 2 rings (SSSR count). The molecule has 1 aromatic carbocycles. The van der Waals surface area contributed by atoms with E-state index < -0.39 is 29.6 Å². The fraction of sp³-hybridized carbons (Fsp3) is 0.571. The molecule has 1 aromatic rings. The first-order valence-electron chi connectivity index (χ1n) is 10.2. The standard InChI is InChI=1S/C21H31ClN4O5/c1-14(24-20(29)30)18(27)25-17(12-31-3)19(28)26(2)21(9-4-10-23-13-21)11-15-5-7-16(22)8-6-15/h5-8,14,17,23-24H,4,9-13H2,1-3H3,(H,25,27)(H,29,30)/t14?,17?,21-/m1/s1. The summed E-state index contributed by atoms with van der Waals surface area (Å²) in [4.78, 5) is 38.3. The number of carboxylic acid groups (broad SMARTS) is 1. The summed E-state index contributed by atoms with van der Waals surface area (Å²) < 4.78 is 5.16. The van der Waals surface area contributed by atoms with Gasteiger partial charge in [-0.2, -0.15) is 0 Å². The summed E-state index contributed by atoms with van der Waals surface area (Å²) in [7, 11) is 3.18. The van der Waals surface area contributed by atoms with Crippen LogP contribution in [0.25, 0.3) is 0 Å². The second-order valence-electron chi connectivity index (χ2n) is 7.89. The van der Waals surface area contributed by atoms with Gasteiger partial charge in [-0.1, -0.05) is 23.7 Å². The number of carbonyl (C=O) groups is 3. The van der Waals surface area contributed by atoms with Crippen LogP contribution in [-0.4, -0.2) is 79.4 Å². The Bertz CT molecular complexity index is 768. The number of carbonyl (C=O) groups excluding carboxylic acids is 2. The van der Waals surface area contributed by atoms with E-state index in [9.17, 15) is 14.4 Å². The first-order chi connectivity index (χ1) is 14.7. The molecule has 1 aliphatic heterocycles. The van der Waals surface area contributed by atoms with Crippen molar-refractivity contribution in [3.63, 3.8) is 0 Å². The molecule has 10 heteroatoms. The number of hydrogen-bond acceptors (Lipinski definition) is 5. The Morgan fingerprint density at radius 1 is 1.29 bits per heavy atom. The van der Waals surface area contributed by atoms with Crippen molar-refractivity contribution in [1.29, 1.82) is 0 Å². The van der Waals surface area contributed by atoms with Crippen molar-refractivity contribution in [2.45, 2.75) is 43.8 Å². The SMILES string of the molecule is COCC(NC(=O)C(C)NC(=O)O)C(=O)N(C)[C@@]1(Cc2ccc(Cl)cc2)CCCNC1. The average molecular weight is 455 g/mol. The topological polar surface area (TPSA) is 120 Å². The molecule has 3 amide bonds. The predicted octanol–water partition coefficient (Wildman–Crippen LogP) is 1.25. The monoisotopic (exact) mass is 454 g/mol. The minimum atomic E-state index is -1.32. The summed E-state index contributed by atoms with van der Waals surface area (Å²) in [5.41, 5.74) is 0.574. The highest BCUT2D eigenvalue weighted by molar-refractivity contribution is 6.30. The van der Waals surface area contributed by atoms with E-state index in [1.807, 2.05) is 24.3 Å². The number of halogens is 1. The van der Waals surface area contributed by atoms with Crippen molar-refractivity contribution < 1.29 is 24.2 Å². The van der Waals surface area contributed by atoms with Gasteiger partial charge in [0.15, 0.2) is 0 Å². The highest BCUT2D eigenvalue weighted by Gasteiger charge is 2.41. The summed E-state index contributed by atoms with van der Waals surface area (Å²) in [6.07, 6.45) is 1.02. The Labute approximate surface area is 187 Å². The van der Waals surface area contributed by atoms with Crippen molar-refractivity contribution in [1.82, 2.24) is 20.9 Å². The van der Waals surface area contributed by atoms with E-state index in [0.29, 0.717) is 18.0 Å². The Balaban J connectivity index is 2.20. The van der Waals surface area contributed by atoms with Crippen molar-refractivity contribution in [2.24, 2.45) is 0 Å². The molecule has 172 valence electrons. The van der Waals surface area contributed by atoms with E-state index in [1.165, 1.54) is 14.0 Å². The summed E-state index contributed by atoms with van der Waals surface area (Å²) in [5, 5.41) is 17.5. The Morgan fingerprint density at radius 3 is 2.52 bits per heavy atom. The molecule has 31 heavy (non-hydrogen) atoms. The normalized spacial score (nSPS) is 20.4. The number of benzene rings is 1. The van der Waals surface area contributed by atoms with Crippen LogP contribution in [0.3, 0.4) is 0 Å². The molecular weight excluding hydrogens is 424 g/mol. The van der Waals surface area contributed by atoms with Gasteiger partial charge in [0.2, 0.25) is 11.8 Å². The molecule has 3 atom stereocenters. The number of nitrogens with one attached hydrogen (secondary N) is 3. The lowest BCUT2D eigenvalue weighted by Crippen LogP contribution is -2.64. The molecule has 0 saturated carbocycles. The van der Waals surface area contributed by atoms with Gasteiger partial charge in [-0.15, -0.1) is 0 Å². The van der Waals surface area contributed by atoms with Crippen LogP contribution >= 0.6 is 11.6 Å². The molecule has 4 N–H and O–H groups in total. The van der Waals surface area contributed by atoms with Gasteiger partial charge in [-0.05, 0) is 50.4 Å². The van der Waals surface area contributed by atoms with Gasteiger partial charge < -0.3 is 30.7 Å². The van der Waals surface area contributed by atoms with Crippen LogP contribution in [-0.2, 0) is 20.7 Å². The van der Waals surface area contributed by atoms with Gasteiger partial charge in [0, 0.05) is 25.7 Å². The van der Waals surface area contributed by atoms with Crippen LogP contribution in [0, 0.1) is 0 Å². The van der Waals surface area contributed by atoms with Crippen LogP contribution in [0.1, 0.15) is 25.3 Å². The maximum atomic E-state index is 13.4. The van der Waals surface area contributed by atoms with Crippen LogP contribution in [0.15, 0.2) is 24.3 Å². The number of ether oxygens (including phenoxy) is 1. The third-order valence-corrected chi connectivity index (χ3v) is 5.87. The maximum absolute atomic E-state index is 13.4. The second-order valence-corrected chi connectivity index (χ2v) is 8.33. The molecular formula is C21H31ClN4O5. The summed E-state index contributed by atoms with van der Waals surface area (Å²) in [6.45, 7) is 2.87. The first kappa shape index (κ1) is 24.9. The van der Waals surface area contributed by atoms with Crippen molar-refractivity contribution >= 4 is 29.5 Å². The quantitative estimate of drug-likeness (QED) is 0.445. The molecule has 1 aliphatic rings. The lowest BCUT2D eigenvalue weighted by atomic mass is 9.82. The number of methoxy groups -OCH3 is 1. The smallest absolute Gasteiger partial charge is 0.405 e. The van der Waals surface area contributed by atoms with Crippen molar-refractivity contribution in [3.05, 3.63) is 34.9 Å². The molecule has 1 fully saturated rings. The van der Waals surface area contributed by atoms with Gasteiger partial charge >= 0.3 is 6.09 Å². The number of likely N-dealkylation sites (N-methyl/N-ethyl adjacent to an activating group) is 1. The maximum Gasteiger partial charge on any atom is 0.405 e. The first-order valence-corrected chi connectivity index (χ1v) is 10.6. The lowest BCUT2D eigenvalue weighted by Gasteiger charge is -2.46. The molecule has 0 spiro atoms. The van der Waals surface area contributed by atoms with Crippen molar-refractivity contribution in [2.75, 3.05) is 33.9 Å². The minimum absolute atomic E-state index is 0.0286. The van der Waals surface area contributed by atoms with Gasteiger partial charge in [0.05, 0.1) is 12.1 Å². The summed E-state index contributed by atoms with van der Waals surface area (Å²) in [5.74, 6) is -0.893. The Hall–Kier alpha value is -2.36. The highest BCUT2D eigenvalue weighted by atomic mass is 35.5. The average Bonchev–Trinajstić information content (AvgIpc) is 2.74. The predicted molar refractivity (Wildman–Crippen MR) is 117 cm³/mol. The van der Waals surface area contributed by atoms with Gasteiger partial charge in [0.1, 0.15) is 12.1 Å². The highest BCUT2D eigenvalue weighted by Crippen LogP contribution is 2.29. The van der Waals surface area contributed by atoms with Crippen LogP contribution in [0.4, 0.5) is 4.79 Å². The van der Waals surface area contributed by atoms with E-state index >= 15 is 0 Å². The van der Waals surface area contributed by atoms with E-state index in [2.05, 4.69) is 16.0 Å². The Morgan fingerprint density at radius 2 is 1.97 bits per heavy atom. The van der Waals surface area contributed by atoms with Gasteiger partial charge in [0.25, 0.3) is 0 Å². The molecule has 0 radical (unpaired) electrons. The van der Waals surface area contributed by atoms with E-state index in [0.717, 1.165) is 24.9 Å². The third-order valence-electron chi connectivity index (χ3n) is 5.62. The summed E-state index contributed by atoms with van der Waals surface area (Å²) >= 11 is 6.01. The van der Waals surface area contributed by atoms with Gasteiger partial charge in [-0.25, -0.2) is 4.79 Å². The zero-order valence-electron chi connectivity index (χ0n) is 18.1. The third kappa shape index (κ3) is 6.81. The zero-order chi connectivity index (χ0) is 23.0. The number of hydrogen-bond donors (Lipinski definition) is 4. The fourth-order valence-electron chi connectivity index (χ4n) is 3.85. The summed E-state index contributed by atoms with van der Waals surface area (Å²) in [6, 6.07) is 5.61. The minimum Gasteiger partial charge on any atom is -0.465 e. The van der Waals surface area contributed by atoms with E-state index in [4.69, 9.17) is 21.4 Å². The number of nitrogens with zero attached hydrogens (tertiary/aromatic N) is 1. The van der Waals surface area contributed by atoms with Crippen LogP contribution in [0.2, 0.25) is 5.02 Å². The Kier molecular flexibility index (Phi) is 9.09. The fourth-order valence-corrected chi connectivity index (χ4v) is 3.97. The number of rotatable bonds is 9. The molecule has 1 heterocycles. The van der Waals surface area contributed by atoms with E-state index in [1.54, 1.807) is 11.9 Å². The van der Waals surface area contributed by atoms with Crippen LogP contribution < -0.4 is 16.0 Å². The molecule has 9 nitrogen and oxygen atoms in total. The molecule has 0 bridgehead atoms. The second kappa shape index (κ2) is 11.3. The molecule has 2 unspecified atom stereocenters. The number of amides is 3. The van der Waals surface area contributed by atoms with Crippen molar-refractivity contribution in [3.8, 4) is 0 Å². The molecule has 0 aliphatic carbocycles. The molecule has 0 aromatic heterocycles.